The van der Waals surface area contributed by atoms with E-state index in [1.165, 1.54) is 40.5 Å². The molecule has 14 heteroatoms. The molecule has 42 heavy (non-hydrogen) atoms. The van der Waals surface area contributed by atoms with Crippen LogP contribution in [-0.2, 0) is 11.2 Å². The van der Waals surface area contributed by atoms with Crippen LogP contribution in [0.15, 0.2) is 46.5 Å². The number of carbonyl (C=O) groups excluding carboxylic acids is 1. The van der Waals surface area contributed by atoms with Crippen molar-refractivity contribution in [2.24, 2.45) is 0 Å². The summed E-state index contributed by atoms with van der Waals surface area (Å²) in [6, 6.07) is 4.61. The van der Waals surface area contributed by atoms with Gasteiger partial charge >= 0.3 is 5.97 Å². The predicted molar refractivity (Wildman–Crippen MR) is 143 cm³/mol. The number of nitrogens with zero attached hydrogens (tertiary/aromatic N) is 4. The van der Waals surface area contributed by atoms with E-state index in [1.807, 2.05) is 11.0 Å². The third-order valence-electron chi connectivity index (χ3n) is 7.46. The van der Waals surface area contributed by atoms with Gasteiger partial charge in [0.1, 0.15) is 11.3 Å². The van der Waals surface area contributed by atoms with Crippen LogP contribution in [0, 0.1) is 10.1 Å². The summed E-state index contributed by atoms with van der Waals surface area (Å²) < 4.78 is 39.2. The number of ether oxygens (including phenoxy) is 6. The number of hydrogen-bond donors (Lipinski definition) is 0. The zero-order valence-corrected chi connectivity index (χ0v) is 23.1. The molecule has 0 spiro atoms. The Morgan fingerprint density at radius 1 is 1.17 bits per heavy atom. The van der Waals surface area contributed by atoms with Crippen LogP contribution < -0.4 is 23.7 Å². The molecule has 3 aliphatic heterocycles. The second-order valence-electron chi connectivity index (χ2n) is 9.64. The number of fused-ring (bicyclic) bond motifs is 3. The first-order chi connectivity index (χ1) is 20.4. The van der Waals surface area contributed by atoms with Crippen LogP contribution >= 0.6 is 0 Å². The van der Waals surface area contributed by atoms with Crippen molar-refractivity contribution in [3.63, 3.8) is 0 Å². The van der Waals surface area contributed by atoms with Crippen LogP contribution in [0.2, 0.25) is 0 Å². The average molecular weight is 579 g/mol. The predicted octanol–water partition coefficient (Wildman–Crippen LogP) is 3.86. The Bertz CT molecular complexity index is 1630. The summed E-state index contributed by atoms with van der Waals surface area (Å²) in [7, 11) is 4.45. The zero-order chi connectivity index (χ0) is 29.5. The number of nitro groups is 1. The first kappa shape index (κ1) is 26.9. The molecule has 0 radical (unpaired) electrons. The molecule has 3 aromatic rings. The highest BCUT2D eigenvalue weighted by Gasteiger charge is 2.47. The lowest BCUT2D eigenvalue weighted by Gasteiger charge is -2.42. The van der Waals surface area contributed by atoms with Crippen LogP contribution in [0.25, 0.3) is 6.08 Å². The third-order valence-corrected chi connectivity index (χ3v) is 7.46. The molecule has 6 rings (SSSR count). The van der Waals surface area contributed by atoms with Gasteiger partial charge in [-0.2, -0.15) is 0 Å². The largest absolute Gasteiger partial charge is 0.493 e. The van der Waals surface area contributed by atoms with Gasteiger partial charge in [0, 0.05) is 36.4 Å². The summed E-state index contributed by atoms with van der Waals surface area (Å²) in [5.41, 5.74) is 3.00. The molecule has 0 N–H and O–H groups in total. The van der Waals surface area contributed by atoms with E-state index in [1.54, 1.807) is 18.2 Å². The molecular weight excluding hydrogens is 552 g/mol. The Morgan fingerprint density at radius 3 is 2.67 bits per heavy atom. The molecular formula is C28H26N4O10. The minimum atomic E-state index is -0.885. The molecule has 0 amide bonds. The molecule has 1 aromatic heterocycles. The maximum atomic E-state index is 13.4. The van der Waals surface area contributed by atoms with Crippen molar-refractivity contribution in [1.29, 1.82) is 0 Å². The smallest absolute Gasteiger partial charge is 0.343 e. The van der Waals surface area contributed by atoms with E-state index < -0.39 is 23.0 Å². The lowest BCUT2D eigenvalue weighted by atomic mass is 9.84. The monoisotopic (exact) mass is 578 g/mol. The minimum Gasteiger partial charge on any atom is -0.493 e. The number of hydrogen-bond acceptors (Lipinski definition) is 13. The van der Waals surface area contributed by atoms with E-state index in [-0.39, 0.29) is 23.8 Å². The maximum absolute atomic E-state index is 13.4. The van der Waals surface area contributed by atoms with Gasteiger partial charge in [0.2, 0.25) is 18.2 Å². The second-order valence-corrected chi connectivity index (χ2v) is 9.64. The van der Waals surface area contributed by atoms with Crippen molar-refractivity contribution in [2.75, 3.05) is 34.7 Å². The lowest BCUT2D eigenvalue weighted by Crippen LogP contribution is -2.38. The highest BCUT2D eigenvalue weighted by molar-refractivity contribution is 5.98. The highest BCUT2D eigenvalue weighted by atomic mass is 16.7. The Labute approximate surface area is 239 Å². The second kappa shape index (κ2) is 10.6. The van der Waals surface area contributed by atoms with E-state index in [4.69, 9.17) is 33.1 Å². The minimum absolute atomic E-state index is 0.0241. The van der Waals surface area contributed by atoms with Gasteiger partial charge < -0.3 is 33.3 Å². The van der Waals surface area contributed by atoms with Crippen LogP contribution in [0.1, 0.15) is 51.8 Å². The standard InChI is InChI=1S/C28H26N4O10/c1-14(32(34)35)9-17(11-16-12-29-42-30-16)31-8-7-15-10-20-26(40-13-39-20)27(38-4)21(15)23(31)24-18-5-6-19(36-2)25(37-3)22(18)28(33)41-24/h5-6,9-12,23-24H,7-8,13H2,1-4H3/b14-9+,17-11+/t23-,24?/m1/s1. The Balaban J connectivity index is 1.60. The van der Waals surface area contributed by atoms with Gasteiger partial charge in [-0.1, -0.05) is 16.4 Å². The maximum Gasteiger partial charge on any atom is 0.343 e. The number of methoxy groups -OCH3 is 3. The van der Waals surface area contributed by atoms with E-state index >= 15 is 0 Å². The normalized spacial score (nSPS) is 19.2. The van der Waals surface area contributed by atoms with Crippen LogP contribution in [0.5, 0.6) is 28.7 Å². The van der Waals surface area contributed by atoms with Crippen LogP contribution in [0.4, 0.5) is 0 Å². The molecule has 0 bridgehead atoms. The summed E-state index contributed by atoms with van der Waals surface area (Å²) in [6.45, 7) is 1.80. The average Bonchev–Trinajstić information content (AvgIpc) is 3.75. The van der Waals surface area contributed by atoms with Crippen molar-refractivity contribution in [1.82, 2.24) is 15.2 Å². The number of allylic oxidation sites excluding steroid dienone is 2. The van der Waals surface area contributed by atoms with Crippen molar-refractivity contribution in [3.8, 4) is 28.7 Å². The van der Waals surface area contributed by atoms with Gasteiger partial charge in [0.25, 0.3) is 0 Å². The quantitative estimate of drug-likeness (QED) is 0.164. The SMILES string of the molecule is COc1ccc2c(c1OC)C(=O)OC2[C@H]1c2c(cc3c(c2OC)OCO3)CCN1C(=C/c1cnon1)/C=C(\C)[N+](=O)[O-]. The van der Waals surface area contributed by atoms with Crippen LogP contribution in [0.3, 0.4) is 0 Å². The molecule has 218 valence electrons. The first-order valence-electron chi connectivity index (χ1n) is 12.9. The number of benzene rings is 2. The van der Waals surface area contributed by atoms with E-state index in [0.29, 0.717) is 58.5 Å². The van der Waals surface area contributed by atoms with Crippen molar-refractivity contribution >= 4 is 12.0 Å². The van der Waals surface area contributed by atoms with Gasteiger partial charge in [-0.3, -0.25) is 10.1 Å². The molecule has 3 aliphatic rings. The number of carbonyl (C=O) groups is 1. The summed E-state index contributed by atoms with van der Waals surface area (Å²) in [6.07, 6.45) is 4.07. The summed E-state index contributed by atoms with van der Waals surface area (Å²) >= 11 is 0. The molecule has 2 atom stereocenters. The van der Waals surface area contributed by atoms with Gasteiger partial charge in [0.05, 0.1) is 38.5 Å². The molecule has 4 heterocycles. The van der Waals surface area contributed by atoms with Crippen molar-refractivity contribution in [2.45, 2.75) is 25.5 Å². The van der Waals surface area contributed by atoms with E-state index in [9.17, 15) is 14.9 Å². The van der Waals surface area contributed by atoms with Crippen molar-refractivity contribution in [3.05, 3.63) is 79.9 Å². The van der Waals surface area contributed by atoms with Gasteiger partial charge in [-0.25, -0.2) is 9.42 Å². The molecule has 0 saturated heterocycles. The van der Waals surface area contributed by atoms with Gasteiger partial charge in [-0.05, 0) is 30.2 Å². The fourth-order valence-corrected chi connectivity index (χ4v) is 5.67. The van der Waals surface area contributed by atoms with Crippen LogP contribution in [-0.4, -0.2) is 60.8 Å². The topological polar surface area (TPSA) is 158 Å². The Kier molecular flexibility index (Phi) is 6.80. The molecule has 0 fully saturated rings. The number of aromatic nitrogens is 2. The number of esters is 1. The van der Waals surface area contributed by atoms with Crippen molar-refractivity contribution < 1.29 is 42.8 Å². The summed E-state index contributed by atoms with van der Waals surface area (Å²) in [5, 5.41) is 19.3. The molecule has 1 unspecified atom stereocenters. The molecule has 2 aromatic carbocycles. The summed E-state index contributed by atoms with van der Waals surface area (Å²) in [4.78, 5) is 26.6. The Hall–Kier alpha value is -5.27. The van der Waals surface area contributed by atoms with E-state index in [2.05, 4.69) is 10.3 Å². The number of rotatable bonds is 8. The Morgan fingerprint density at radius 2 is 1.98 bits per heavy atom. The summed E-state index contributed by atoms with van der Waals surface area (Å²) in [5.74, 6) is 1.40. The molecule has 0 aliphatic carbocycles. The first-order valence-corrected chi connectivity index (χ1v) is 12.9. The molecule has 0 saturated carbocycles. The number of cyclic esters (lactones) is 1. The zero-order valence-electron chi connectivity index (χ0n) is 23.1. The van der Waals surface area contributed by atoms with Gasteiger partial charge in [-0.15, -0.1) is 0 Å². The highest BCUT2D eigenvalue weighted by Crippen LogP contribution is 2.56. The fraction of sp³-hybridized carbons (Fsp3) is 0.321. The third kappa shape index (κ3) is 4.31. The van der Waals surface area contributed by atoms with Gasteiger partial charge in [0.15, 0.2) is 29.1 Å². The lowest BCUT2D eigenvalue weighted by molar-refractivity contribution is -0.424. The van der Waals surface area contributed by atoms with E-state index in [0.717, 1.165) is 5.56 Å². The molecule has 14 nitrogen and oxygen atoms in total. The fourth-order valence-electron chi connectivity index (χ4n) is 5.67.